The first-order chi connectivity index (χ1) is 14.1. The van der Waals surface area contributed by atoms with Crippen molar-refractivity contribution in [3.63, 3.8) is 0 Å². The third kappa shape index (κ3) is 6.47. The molecule has 2 aromatic carbocycles. The van der Waals surface area contributed by atoms with Gasteiger partial charge in [-0.1, -0.05) is 31.2 Å². The minimum atomic E-state index is -0.211. The minimum Gasteiger partial charge on any atom is -0.491 e. The molecule has 0 saturated carbocycles. The number of nitrogens with zero attached hydrogens (tertiary/aromatic N) is 1. The molecular weight excluding hydrogens is 384 g/mol. The van der Waals surface area contributed by atoms with Gasteiger partial charge in [0.2, 0.25) is 5.91 Å². The van der Waals surface area contributed by atoms with Crippen LogP contribution in [0.1, 0.15) is 29.6 Å². The van der Waals surface area contributed by atoms with Crippen molar-refractivity contribution in [3.05, 3.63) is 76.3 Å². The molecule has 150 valence electrons. The topological polar surface area (TPSA) is 60.5 Å². The number of hydrogen-bond donors (Lipinski definition) is 1. The van der Waals surface area contributed by atoms with Gasteiger partial charge in [0.25, 0.3) is 0 Å². The number of carbonyl (C=O) groups excluding carboxylic acids is 1. The van der Waals surface area contributed by atoms with Gasteiger partial charge in [0.1, 0.15) is 18.1 Å². The second-order valence-corrected chi connectivity index (χ2v) is 7.45. The molecule has 1 aromatic heterocycles. The first-order valence-electron chi connectivity index (χ1n) is 9.49. The van der Waals surface area contributed by atoms with Gasteiger partial charge in [0.15, 0.2) is 0 Å². The zero-order valence-electron chi connectivity index (χ0n) is 16.6. The first-order valence-corrected chi connectivity index (χ1v) is 10.4. The third-order valence-corrected chi connectivity index (χ3v) is 4.79. The van der Waals surface area contributed by atoms with Crippen molar-refractivity contribution in [1.29, 1.82) is 0 Å². The molecule has 1 N–H and O–H groups in total. The molecule has 3 rings (SSSR count). The fraction of sp³-hybridized carbons (Fsp3) is 0.217. The maximum atomic E-state index is 12.3. The number of para-hydroxylation sites is 2. The number of rotatable bonds is 9. The largest absolute Gasteiger partial charge is 0.491 e. The highest BCUT2D eigenvalue weighted by molar-refractivity contribution is 7.09. The Kier molecular flexibility index (Phi) is 7.41. The monoisotopic (exact) mass is 408 g/mol. The van der Waals surface area contributed by atoms with Crippen LogP contribution in [0.4, 0.5) is 5.69 Å². The molecular formula is C23H24N2O3S. The highest BCUT2D eigenvalue weighted by Gasteiger charge is 2.05. The van der Waals surface area contributed by atoms with Crippen molar-refractivity contribution in [3.8, 4) is 11.5 Å². The van der Waals surface area contributed by atoms with Gasteiger partial charge in [-0.2, -0.15) is 0 Å². The van der Waals surface area contributed by atoms with E-state index < -0.39 is 0 Å². The summed E-state index contributed by atoms with van der Waals surface area (Å²) >= 11 is 1.61. The van der Waals surface area contributed by atoms with Crippen LogP contribution in [0.15, 0.2) is 60.0 Å². The number of aryl methyl sites for hydroxylation is 1. The lowest BCUT2D eigenvalue weighted by Gasteiger charge is -2.10. The molecule has 0 aliphatic heterocycles. The number of benzene rings is 2. The zero-order valence-corrected chi connectivity index (χ0v) is 17.4. The van der Waals surface area contributed by atoms with Gasteiger partial charge < -0.3 is 14.8 Å². The fourth-order valence-corrected chi connectivity index (χ4v) is 3.16. The standard InChI is InChI=1S/C23H24N2O3S/c1-3-14-27-22-7-5-4-6-21(22)25-23(26)13-10-18-8-11-20(12-9-18)28-15-19-16-29-17(2)24-19/h4-13,16H,3,14-15H2,1-2H3,(H,25,26)/b13-10+. The summed E-state index contributed by atoms with van der Waals surface area (Å²) in [6.07, 6.45) is 4.17. The number of amides is 1. The number of carbonyl (C=O) groups is 1. The van der Waals surface area contributed by atoms with Crippen LogP contribution in [0.3, 0.4) is 0 Å². The Balaban J connectivity index is 1.53. The molecule has 5 nitrogen and oxygen atoms in total. The van der Waals surface area contributed by atoms with E-state index in [4.69, 9.17) is 9.47 Å². The summed E-state index contributed by atoms with van der Waals surface area (Å²) in [6, 6.07) is 15.0. The molecule has 0 fully saturated rings. The van der Waals surface area contributed by atoms with E-state index >= 15 is 0 Å². The maximum absolute atomic E-state index is 12.3. The van der Waals surface area contributed by atoms with Crippen LogP contribution in [-0.4, -0.2) is 17.5 Å². The Morgan fingerprint density at radius 2 is 1.93 bits per heavy atom. The second kappa shape index (κ2) is 10.4. The van der Waals surface area contributed by atoms with Gasteiger partial charge in [0, 0.05) is 11.5 Å². The van der Waals surface area contributed by atoms with Gasteiger partial charge in [-0.05, 0) is 49.2 Å². The van der Waals surface area contributed by atoms with Gasteiger partial charge in [-0.15, -0.1) is 11.3 Å². The van der Waals surface area contributed by atoms with E-state index in [9.17, 15) is 4.79 Å². The maximum Gasteiger partial charge on any atom is 0.248 e. The van der Waals surface area contributed by atoms with Crippen molar-refractivity contribution >= 4 is 29.0 Å². The van der Waals surface area contributed by atoms with Crippen LogP contribution < -0.4 is 14.8 Å². The molecule has 0 spiro atoms. The molecule has 0 aliphatic carbocycles. The lowest BCUT2D eigenvalue weighted by atomic mass is 10.2. The van der Waals surface area contributed by atoms with Crippen molar-refractivity contribution < 1.29 is 14.3 Å². The van der Waals surface area contributed by atoms with E-state index in [0.29, 0.717) is 24.7 Å². The van der Waals surface area contributed by atoms with E-state index in [2.05, 4.69) is 10.3 Å². The summed E-state index contributed by atoms with van der Waals surface area (Å²) in [5.41, 5.74) is 2.50. The highest BCUT2D eigenvalue weighted by Crippen LogP contribution is 2.24. The molecule has 0 aliphatic rings. The molecule has 6 heteroatoms. The quantitative estimate of drug-likeness (QED) is 0.477. The molecule has 1 heterocycles. The Morgan fingerprint density at radius 1 is 1.14 bits per heavy atom. The molecule has 0 saturated heterocycles. The van der Waals surface area contributed by atoms with Crippen LogP contribution in [0, 0.1) is 6.92 Å². The Labute approximate surface area is 175 Å². The van der Waals surface area contributed by atoms with Gasteiger partial charge >= 0.3 is 0 Å². The normalized spacial score (nSPS) is 10.8. The van der Waals surface area contributed by atoms with Crippen molar-refractivity contribution in [2.24, 2.45) is 0 Å². The number of hydrogen-bond acceptors (Lipinski definition) is 5. The average molecular weight is 409 g/mol. The van der Waals surface area contributed by atoms with Crippen molar-refractivity contribution in [2.75, 3.05) is 11.9 Å². The average Bonchev–Trinajstić information content (AvgIpc) is 3.16. The molecule has 1 amide bonds. The molecule has 3 aromatic rings. The van der Waals surface area contributed by atoms with Crippen LogP contribution >= 0.6 is 11.3 Å². The number of thiazole rings is 1. The number of aromatic nitrogens is 1. The predicted octanol–water partition coefficient (Wildman–Crippen LogP) is 5.47. The first kappa shape index (κ1) is 20.6. The number of nitrogens with one attached hydrogen (secondary N) is 1. The van der Waals surface area contributed by atoms with Crippen molar-refractivity contribution in [1.82, 2.24) is 4.98 Å². The number of anilines is 1. The van der Waals surface area contributed by atoms with Gasteiger partial charge in [-0.25, -0.2) is 4.98 Å². The van der Waals surface area contributed by atoms with E-state index in [1.807, 2.05) is 67.8 Å². The van der Waals surface area contributed by atoms with Crippen molar-refractivity contribution in [2.45, 2.75) is 26.9 Å². The SMILES string of the molecule is CCCOc1ccccc1NC(=O)/C=C/c1ccc(OCc2csc(C)n2)cc1. The van der Waals surface area contributed by atoms with E-state index in [1.165, 1.54) is 6.08 Å². The summed E-state index contributed by atoms with van der Waals surface area (Å²) in [7, 11) is 0. The predicted molar refractivity (Wildman–Crippen MR) is 118 cm³/mol. The van der Waals surface area contributed by atoms with Crippen LogP contribution in [-0.2, 0) is 11.4 Å². The molecule has 0 atom stereocenters. The summed E-state index contributed by atoms with van der Waals surface area (Å²) in [6.45, 7) is 5.07. The molecule has 0 radical (unpaired) electrons. The summed E-state index contributed by atoms with van der Waals surface area (Å²) in [5.74, 6) is 1.23. The molecule has 29 heavy (non-hydrogen) atoms. The van der Waals surface area contributed by atoms with Crippen LogP contribution in [0.2, 0.25) is 0 Å². The van der Waals surface area contributed by atoms with Crippen LogP contribution in [0.25, 0.3) is 6.08 Å². The number of ether oxygens (including phenoxy) is 2. The summed E-state index contributed by atoms with van der Waals surface area (Å²) < 4.78 is 11.4. The van der Waals surface area contributed by atoms with E-state index in [0.717, 1.165) is 28.4 Å². The Bertz CT molecular complexity index is 964. The second-order valence-electron chi connectivity index (χ2n) is 6.38. The molecule has 0 bridgehead atoms. The summed E-state index contributed by atoms with van der Waals surface area (Å²) in [5, 5.41) is 5.89. The van der Waals surface area contributed by atoms with E-state index in [-0.39, 0.29) is 5.91 Å². The smallest absolute Gasteiger partial charge is 0.248 e. The Morgan fingerprint density at radius 3 is 2.66 bits per heavy atom. The minimum absolute atomic E-state index is 0.211. The highest BCUT2D eigenvalue weighted by atomic mass is 32.1. The lowest BCUT2D eigenvalue weighted by Crippen LogP contribution is -2.09. The van der Waals surface area contributed by atoms with E-state index in [1.54, 1.807) is 17.4 Å². The molecule has 0 unspecified atom stereocenters. The summed E-state index contributed by atoms with van der Waals surface area (Å²) in [4.78, 5) is 16.6. The third-order valence-electron chi connectivity index (χ3n) is 3.97. The fourth-order valence-electron chi connectivity index (χ4n) is 2.56. The lowest BCUT2D eigenvalue weighted by molar-refractivity contribution is -0.111. The zero-order chi connectivity index (χ0) is 20.5. The van der Waals surface area contributed by atoms with Gasteiger partial charge in [0.05, 0.1) is 23.0 Å². The van der Waals surface area contributed by atoms with Crippen LogP contribution in [0.5, 0.6) is 11.5 Å². The van der Waals surface area contributed by atoms with Gasteiger partial charge in [-0.3, -0.25) is 4.79 Å². The Hall–Kier alpha value is -3.12.